The van der Waals surface area contributed by atoms with Gasteiger partial charge in [0, 0.05) is 24.8 Å². The molecule has 4 rings (SSSR count). The second-order valence-electron chi connectivity index (χ2n) is 7.03. The summed E-state index contributed by atoms with van der Waals surface area (Å²) < 4.78 is 1.70. The lowest BCUT2D eigenvalue weighted by molar-refractivity contribution is 0.0940. The van der Waals surface area contributed by atoms with Crippen molar-refractivity contribution in [1.29, 1.82) is 5.41 Å². The molecule has 0 spiro atoms. The van der Waals surface area contributed by atoms with Crippen LogP contribution in [0.2, 0.25) is 5.02 Å². The van der Waals surface area contributed by atoms with E-state index in [9.17, 15) is 9.90 Å². The van der Waals surface area contributed by atoms with Gasteiger partial charge in [-0.2, -0.15) is 0 Å². The minimum Gasteiger partial charge on any atom is -0.505 e. The van der Waals surface area contributed by atoms with Gasteiger partial charge in [-0.25, -0.2) is 0 Å². The number of nitrogens with two attached hydrogens (primary N) is 1. The highest BCUT2D eigenvalue weighted by Crippen LogP contribution is 2.33. The number of phenols is 1. The van der Waals surface area contributed by atoms with E-state index in [-0.39, 0.29) is 23.5 Å². The summed E-state index contributed by atoms with van der Waals surface area (Å²) in [6.07, 6.45) is 3.82. The zero-order valence-electron chi connectivity index (χ0n) is 15.9. The number of phenolic OH excluding ortho intramolecular Hbond substituents is 1. The third-order valence-electron chi connectivity index (χ3n) is 5.08. The maximum absolute atomic E-state index is 12.7. The number of nitrogens with zero attached hydrogens (tertiary/aromatic N) is 4. The summed E-state index contributed by atoms with van der Waals surface area (Å²) in [5.41, 5.74) is 7.55. The number of amidine groups is 1. The second-order valence-corrected chi connectivity index (χ2v) is 7.43. The molecule has 9 nitrogen and oxygen atoms in total. The number of amides is 1. The van der Waals surface area contributed by atoms with Gasteiger partial charge in [0.05, 0.1) is 21.8 Å². The van der Waals surface area contributed by atoms with Gasteiger partial charge in [0.2, 0.25) is 0 Å². The predicted molar refractivity (Wildman–Crippen MR) is 114 cm³/mol. The van der Waals surface area contributed by atoms with Crippen molar-refractivity contribution in [3.8, 4) is 11.4 Å². The van der Waals surface area contributed by atoms with Gasteiger partial charge in [-0.3, -0.25) is 14.8 Å². The number of benzene rings is 2. The van der Waals surface area contributed by atoms with E-state index in [1.54, 1.807) is 53.6 Å². The Labute approximate surface area is 177 Å². The van der Waals surface area contributed by atoms with Gasteiger partial charge >= 0.3 is 0 Å². The molecule has 3 aromatic rings. The summed E-state index contributed by atoms with van der Waals surface area (Å²) in [6, 6.07) is 10.1. The Morgan fingerprint density at radius 1 is 1.23 bits per heavy atom. The van der Waals surface area contributed by atoms with Crippen molar-refractivity contribution in [2.75, 3.05) is 18.0 Å². The molecule has 1 aliphatic rings. The molecule has 2 aromatic carbocycles. The molecule has 1 aromatic heterocycles. The Hall–Kier alpha value is -3.59. The van der Waals surface area contributed by atoms with E-state index in [4.69, 9.17) is 22.7 Å². The third kappa shape index (κ3) is 3.79. The topological polar surface area (TPSA) is 133 Å². The molecule has 5 N–H and O–H groups in total. The minimum atomic E-state index is -0.260. The van der Waals surface area contributed by atoms with Crippen LogP contribution in [0.1, 0.15) is 22.3 Å². The van der Waals surface area contributed by atoms with E-state index < -0.39 is 0 Å². The highest BCUT2D eigenvalue weighted by atomic mass is 35.5. The van der Waals surface area contributed by atoms with Crippen LogP contribution in [0.4, 0.5) is 5.69 Å². The van der Waals surface area contributed by atoms with Gasteiger partial charge in [0.25, 0.3) is 5.91 Å². The Kier molecular flexibility index (Phi) is 5.28. The van der Waals surface area contributed by atoms with Crippen molar-refractivity contribution < 1.29 is 9.90 Å². The lowest BCUT2D eigenvalue weighted by Crippen LogP contribution is -2.37. The minimum absolute atomic E-state index is 0.0235. The van der Waals surface area contributed by atoms with Gasteiger partial charge < -0.3 is 21.1 Å². The summed E-state index contributed by atoms with van der Waals surface area (Å²) in [5.74, 6) is -0.476. The number of nitrogens with one attached hydrogen (secondary N) is 2. The van der Waals surface area contributed by atoms with Crippen LogP contribution in [-0.2, 0) is 0 Å². The van der Waals surface area contributed by atoms with E-state index in [1.165, 1.54) is 0 Å². The largest absolute Gasteiger partial charge is 0.505 e. The van der Waals surface area contributed by atoms with E-state index in [0.717, 1.165) is 5.69 Å². The fraction of sp³-hybridized carbons (Fsp3) is 0.200. The molecule has 1 saturated heterocycles. The molecule has 0 radical (unpaired) electrons. The van der Waals surface area contributed by atoms with Gasteiger partial charge in [-0.15, -0.1) is 10.2 Å². The summed E-state index contributed by atoms with van der Waals surface area (Å²) in [5, 5.41) is 28.9. The molecule has 2 heterocycles. The number of hydrogen-bond acceptors (Lipinski definition) is 6. The van der Waals surface area contributed by atoms with Crippen molar-refractivity contribution in [3.05, 3.63) is 65.2 Å². The second kappa shape index (κ2) is 8.03. The number of nitrogen functional groups attached to an aromatic ring is 1. The zero-order valence-corrected chi connectivity index (χ0v) is 16.7. The molecule has 30 heavy (non-hydrogen) atoms. The van der Waals surface area contributed by atoms with Crippen molar-refractivity contribution in [1.82, 2.24) is 20.1 Å². The first kappa shape index (κ1) is 19.7. The van der Waals surface area contributed by atoms with E-state index >= 15 is 0 Å². The van der Waals surface area contributed by atoms with Gasteiger partial charge in [0.15, 0.2) is 0 Å². The quantitative estimate of drug-likeness (QED) is 0.364. The summed E-state index contributed by atoms with van der Waals surface area (Å²) >= 11 is 6.33. The monoisotopic (exact) mass is 425 g/mol. The molecule has 1 aliphatic heterocycles. The molecule has 154 valence electrons. The number of carbonyl (C=O) groups excluding carboxylic acids is 1. The molecule has 1 fully saturated rings. The average Bonchev–Trinajstić information content (AvgIpc) is 3.40. The summed E-state index contributed by atoms with van der Waals surface area (Å²) in [4.78, 5) is 14.7. The van der Waals surface area contributed by atoms with E-state index in [1.807, 2.05) is 4.90 Å². The van der Waals surface area contributed by atoms with Crippen molar-refractivity contribution in [3.63, 3.8) is 0 Å². The van der Waals surface area contributed by atoms with Crippen LogP contribution >= 0.6 is 11.6 Å². The van der Waals surface area contributed by atoms with Crippen LogP contribution in [0.15, 0.2) is 49.1 Å². The maximum atomic E-state index is 12.7. The van der Waals surface area contributed by atoms with Crippen molar-refractivity contribution in [2.45, 2.75) is 12.5 Å². The lowest BCUT2D eigenvalue weighted by atomic mass is 10.1. The van der Waals surface area contributed by atoms with Crippen LogP contribution in [0.5, 0.6) is 5.75 Å². The Morgan fingerprint density at radius 3 is 2.70 bits per heavy atom. The number of anilines is 1. The number of hydrogen-bond donors (Lipinski definition) is 4. The molecule has 1 atom stereocenters. The normalized spacial score (nSPS) is 15.9. The maximum Gasteiger partial charge on any atom is 0.253 e. The van der Waals surface area contributed by atoms with Crippen LogP contribution in [0.3, 0.4) is 0 Å². The number of carbonyl (C=O) groups is 1. The molecule has 0 bridgehead atoms. The molecule has 0 saturated carbocycles. The molecule has 0 aliphatic carbocycles. The average molecular weight is 426 g/mol. The number of rotatable bonds is 5. The molecule has 1 amide bonds. The van der Waals surface area contributed by atoms with Crippen LogP contribution in [-0.4, -0.2) is 50.7 Å². The first-order chi connectivity index (χ1) is 14.4. The first-order valence-electron chi connectivity index (χ1n) is 9.31. The fourth-order valence-electron chi connectivity index (χ4n) is 3.55. The van der Waals surface area contributed by atoms with Gasteiger partial charge in [-0.1, -0.05) is 17.7 Å². The molecule has 1 unspecified atom stereocenters. The van der Waals surface area contributed by atoms with E-state index in [0.29, 0.717) is 41.3 Å². The number of para-hydroxylation sites is 1. The SMILES string of the molecule is N=C(N)c1cccc(N2CCC(NC(=O)c3ccc(-n4cnnc4)cc3Cl)C2)c1O. The number of aromatic nitrogens is 3. The number of aromatic hydroxyl groups is 1. The zero-order chi connectivity index (χ0) is 21.3. The Bertz CT molecular complexity index is 1100. The Morgan fingerprint density at radius 2 is 2.00 bits per heavy atom. The predicted octanol–water partition coefficient (Wildman–Crippen LogP) is 1.92. The highest BCUT2D eigenvalue weighted by molar-refractivity contribution is 6.34. The van der Waals surface area contributed by atoms with Crippen LogP contribution < -0.4 is 16.0 Å². The molecular weight excluding hydrogens is 406 g/mol. The molecular formula is C20H20ClN7O2. The Balaban J connectivity index is 1.44. The molecule has 10 heteroatoms. The lowest BCUT2D eigenvalue weighted by Gasteiger charge is -2.21. The summed E-state index contributed by atoms with van der Waals surface area (Å²) in [7, 11) is 0. The first-order valence-corrected chi connectivity index (χ1v) is 9.68. The smallest absolute Gasteiger partial charge is 0.253 e. The van der Waals surface area contributed by atoms with Crippen LogP contribution in [0, 0.1) is 5.41 Å². The summed E-state index contributed by atoms with van der Waals surface area (Å²) in [6.45, 7) is 1.18. The highest BCUT2D eigenvalue weighted by Gasteiger charge is 2.27. The van der Waals surface area contributed by atoms with Crippen molar-refractivity contribution in [2.24, 2.45) is 5.73 Å². The van der Waals surface area contributed by atoms with E-state index in [2.05, 4.69) is 15.5 Å². The standard InChI is InChI=1S/C20H20ClN7O2/c21-16-8-13(28-10-24-25-11-28)4-5-14(16)20(30)26-12-6-7-27(9-12)17-3-1-2-15(18(17)29)19(22)23/h1-5,8,10-12,29H,6-7,9H2,(H3,22,23)(H,26,30). The van der Waals surface area contributed by atoms with Gasteiger partial charge in [0.1, 0.15) is 24.2 Å². The van der Waals surface area contributed by atoms with Crippen molar-refractivity contribution >= 4 is 29.0 Å². The van der Waals surface area contributed by atoms with Gasteiger partial charge in [-0.05, 0) is 36.8 Å². The number of halogens is 1. The third-order valence-corrected chi connectivity index (χ3v) is 5.40. The van der Waals surface area contributed by atoms with Crippen LogP contribution in [0.25, 0.3) is 5.69 Å². The fourth-order valence-corrected chi connectivity index (χ4v) is 3.81.